The van der Waals surface area contributed by atoms with Crippen LogP contribution in [0.25, 0.3) is 0 Å². The Morgan fingerprint density at radius 1 is 1.22 bits per heavy atom. The first-order valence-electron chi connectivity index (χ1n) is 8.45. The Morgan fingerprint density at radius 3 is 2.78 bits per heavy atom. The number of pyridine rings is 1. The minimum absolute atomic E-state index is 0.277. The summed E-state index contributed by atoms with van der Waals surface area (Å²) in [5, 5.41) is 4.24. The third kappa shape index (κ3) is 4.65. The van der Waals surface area contributed by atoms with Crippen molar-refractivity contribution in [1.29, 1.82) is 0 Å². The minimum atomic E-state index is 0.277. The predicted molar refractivity (Wildman–Crippen MR) is 88.7 cm³/mol. The minimum Gasteiger partial charge on any atom is -0.343 e. The van der Waals surface area contributed by atoms with Gasteiger partial charge in [-0.3, -0.25) is 14.5 Å². The van der Waals surface area contributed by atoms with Crippen LogP contribution < -0.4 is 0 Å². The summed E-state index contributed by atoms with van der Waals surface area (Å²) in [5.41, 5.74) is 1.13. The van der Waals surface area contributed by atoms with E-state index in [1.54, 1.807) is 6.20 Å². The van der Waals surface area contributed by atoms with Gasteiger partial charge in [-0.1, -0.05) is 6.07 Å². The fourth-order valence-electron chi connectivity index (χ4n) is 3.17. The van der Waals surface area contributed by atoms with Gasteiger partial charge in [0, 0.05) is 50.8 Å². The predicted octanol–water partition coefficient (Wildman–Crippen LogP) is 2.54. The molecule has 5 nitrogen and oxygen atoms in total. The van der Waals surface area contributed by atoms with Gasteiger partial charge in [0.15, 0.2) is 0 Å². The number of amides is 1. The van der Waals surface area contributed by atoms with Gasteiger partial charge in [0.05, 0.1) is 0 Å². The van der Waals surface area contributed by atoms with Crippen molar-refractivity contribution < 1.29 is 4.79 Å². The molecule has 2 aromatic heterocycles. The monoisotopic (exact) mass is 312 g/mol. The number of nitrogens with zero attached hydrogens (tertiary/aromatic N) is 4. The smallest absolute Gasteiger partial charge is 0.222 e. The molecule has 0 bridgehead atoms. The highest BCUT2D eigenvalue weighted by atomic mass is 16.2. The average molecular weight is 312 g/mol. The van der Waals surface area contributed by atoms with E-state index in [4.69, 9.17) is 0 Å². The number of likely N-dealkylation sites (tertiary alicyclic amines) is 1. The summed E-state index contributed by atoms with van der Waals surface area (Å²) in [5.74, 6) is 0.987. The van der Waals surface area contributed by atoms with E-state index in [1.165, 1.54) is 0 Å². The van der Waals surface area contributed by atoms with Gasteiger partial charge in [0.1, 0.15) is 0 Å². The quantitative estimate of drug-likeness (QED) is 0.823. The largest absolute Gasteiger partial charge is 0.343 e. The normalized spacial score (nSPS) is 15.7. The summed E-state index contributed by atoms with van der Waals surface area (Å²) < 4.78 is 1.99. The van der Waals surface area contributed by atoms with Crippen molar-refractivity contribution in [2.24, 2.45) is 5.92 Å². The zero-order chi connectivity index (χ0) is 15.9. The maximum absolute atomic E-state index is 12.3. The Bertz CT molecular complexity index is 589. The molecule has 0 N–H and O–H groups in total. The highest BCUT2D eigenvalue weighted by Crippen LogP contribution is 2.21. The van der Waals surface area contributed by atoms with Crippen LogP contribution in [-0.2, 0) is 17.8 Å². The topological polar surface area (TPSA) is 51.0 Å². The van der Waals surface area contributed by atoms with Crippen LogP contribution >= 0.6 is 0 Å². The number of piperidine rings is 1. The maximum Gasteiger partial charge on any atom is 0.222 e. The molecule has 1 aliphatic heterocycles. The number of rotatable bonds is 6. The number of hydrogen-bond acceptors (Lipinski definition) is 3. The van der Waals surface area contributed by atoms with E-state index in [0.29, 0.717) is 12.3 Å². The lowest BCUT2D eigenvalue weighted by Gasteiger charge is -2.32. The second kappa shape index (κ2) is 7.90. The Kier molecular flexibility index (Phi) is 5.40. The Balaban J connectivity index is 1.37. The van der Waals surface area contributed by atoms with E-state index in [-0.39, 0.29) is 5.91 Å². The van der Waals surface area contributed by atoms with Crippen molar-refractivity contribution in [3.8, 4) is 0 Å². The highest BCUT2D eigenvalue weighted by molar-refractivity contribution is 5.76. The molecule has 0 atom stereocenters. The second-order valence-electron chi connectivity index (χ2n) is 6.24. The fraction of sp³-hybridized carbons (Fsp3) is 0.500. The summed E-state index contributed by atoms with van der Waals surface area (Å²) in [6, 6.07) is 5.91. The lowest BCUT2D eigenvalue weighted by Crippen LogP contribution is -2.38. The van der Waals surface area contributed by atoms with Crippen LogP contribution in [0.5, 0.6) is 0 Å². The van der Waals surface area contributed by atoms with Crippen LogP contribution in [0.2, 0.25) is 0 Å². The van der Waals surface area contributed by atoms with Gasteiger partial charge in [0.25, 0.3) is 0 Å². The van der Waals surface area contributed by atoms with Crippen molar-refractivity contribution in [3.63, 3.8) is 0 Å². The molecule has 1 aliphatic rings. The van der Waals surface area contributed by atoms with Crippen LogP contribution in [0.15, 0.2) is 43.0 Å². The van der Waals surface area contributed by atoms with Gasteiger partial charge >= 0.3 is 0 Å². The van der Waals surface area contributed by atoms with Gasteiger partial charge < -0.3 is 4.90 Å². The standard InChI is InChI=1S/C18H24N4O/c23-18(5-4-17-3-1-9-19-15-17)21-12-6-16(7-13-21)8-14-22-11-2-10-20-22/h1-3,9-11,15-16H,4-8,12-14H2. The van der Waals surface area contributed by atoms with Crippen LogP contribution in [-0.4, -0.2) is 38.7 Å². The maximum atomic E-state index is 12.3. The summed E-state index contributed by atoms with van der Waals surface area (Å²) in [4.78, 5) is 18.4. The SMILES string of the molecule is O=C(CCc1cccnc1)N1CCC(CCn2cccn2)CC1. The van der Waals surface area contributed by atoms with E-state index in [2.05, 4.69) is 10.1 Å². The van der Waals surface area contributed by atoms with Gasteiger partial charge in [-0.2, -0.15) is 5.10 Å². The zero-order valence-electron chi connectivity index (χ0n) is 13.5. The van der Waals surface area contributed by atoms with E-state index >= 15 is 0 Å². The van der Waals surface area contributed by atoms with Crippen molar-refractivity contribution in [3.05, 3.63) is 48.5 Å². The number of carbonyl (C=O) groups excluding carboxylic acids is 1. The Labute approximate surface area is 137 Å². The lowest BCUT2D eigenvalue weighted by atomic mass is 9.93. The molecule has 1 saturated heterocycles. The third-order valence-corrected chi connectivity index (χ3v) is 4.64. The molecule has 1 fully saturated rings. The van der Waals surface area contributed by atoms with Gasteiger partial charge in [-0.05, 0) is 49.3 Å². The molecule has 0 spiro atoms. The van der Waals surface area contributed by atoms with E-state index in [9.17, 15) is 4.79 Å². The molecule has 122 valence electrons. The first kappa shape index (κ1) is 15.7. The van der Waals surface area contributed by atoms with Crippen LogP contribution in [0, 0.1) is 5.92 Å². The number of hydrogen-bond donors (Lipinski definition) is 0. The molecule has 5 heteroatoms. The van der Waals surface area contributed by atoms with Crippen LogP contribution in [0.3, 0.4) is 0 Å². The second-order valence-corrected chi connectivity index (χ2v) is 6.24. The Morgan fingerprint density at radius 2 is 2.09 bits per heavy atom. The van der Waals surface area contributed by atoms with Crippen molar-refractivity contribution in [1.82, 2.24) is 19.7 Å². The first-order chi connectivity index (χ1) is 11.3. The molecule has 0 aliphatic carbocycles. The molecule has 2 aromatic rings. The van der Waals surface area contributed by atoms with Crippen molar-refractivity contribution in [2.45, 2.75) is 38.6 Å². The highest BCUT2D eigenvalue weighted by Gasteiger charge is 2.22. The van der Waals surface area contributed by atoms with Gasteiger partial charge in [-0.15, -0.1) is 0 Å². The van der Waals surface area contributed by atoms with Gasteiger partial charge in [0.2, 0.25) is 5.91 Å². The molecular formula is C18H24N4O. The molecule has 0 unspecified atom stereocenters. The summed E-state index contributed by atoms with van der Waals surface area (Å²) >= 11 is 0. The van der Waals surface area contributed by atoms with E-state index in [1.807, 2.05) is 46.4 Å². The molecular weight excluding hydrogens is 288 g/mol. The van der Waals surface area contributed by atoms with E-state index in [0.717, 1.165) is 50.9 Å². The van der Waals surface area contributed by atoms with Crippen molar-refractivity contribution >= 4 is 5.91 Å². The van der Waals surface area contributed by atoms with Crippen LogP contribution in [0.4, 0.5) is 0 Å². The van der Waals surface area contributed by atoms with Crippen LogP contribution in [0.1, 0.15) is 31.2 Å². The molecule has 0 aromatic carbocycles. The third-order valence-electron chi connectivity index (χ3n) is 4.64. The molecule has 1 amide bonds. The Hall–Kier alpha value is -2.17. The summed E-state index contributed by atoms with van der Waals surface area (Å²) in [6.45, 7) is 2.78. The molecule has 3 heterocycles. The summed E-state index contributed by atoms with van der Waals surface area (Å²) in [7, 11) is 0. The molecule has 3 rings (SSSR count). The first-order valence-corrected chi connectivity index (χ1v) is 8.45. The number of carbonyl (C=O) groups is 1. The van der Waals surface area contributed by atoms with E-state index < -0.39 is 0 Å². The summed E-state index contributed by atoms with van der Waals surface area (Å²) in [6.07, 6.45) is 12.2. The zero-order valence-corrected chi connectivity index (χ0v) is 13.5. The van der Waals surface area contributed by atoms with Gasteiger partial charge in [-0.25, -0.2) is 0 Å². The fourth-order valence-corrected chi connectivity index (χ4v) is 3.17. The van der Waals surface area contributed by atoms with Crippen molar-refractivity contribution in [2.75, 3.05) is 13.1 Å². The molecule has 0 radical (unpaired) electrons. The molecule has 23 heavy (non-hydrogen) atoms. The number of aromatic nitrogens is 3. The average Bonchev–Trinajstić information content (AvgIpc) is 3.13. The lowest BCUT2D eigenvalue weighted by molar-refractivity contribution is -0.132. The molecule has 0 saturated carbocycles. The number of aryl methyl sites for hydroxylation is 2.